The molecule has 1 aliphatic rings. The summed E-state index contributed by atoms with van der Waals surface area (Å²) in [6.07, 6.45) is 0. The van der Waals surface area contributed by atoms with Crippen LogP contribution in [0.15, 0.2) is 24.3 Å². The van der Waals surface area contributed by atoms with Gasteiger partial charge in [-0.2, -0.15) is 0 Å². The lowest BCUT2D eigenvalue weighted by Gasteiger charge is -2.27. The zero-order valence-electron chi connectivity index (χ0n) is 8.90. The summed E-state index contributed by atoms with van der Waals surface area (Å²) in [4.78, 5) is 2.46. The van der Waals surface area contributed by atoms with Crippen LogP contribution in [0, 0.1) is 0 Å². The summed E-state index contributed by atoms with van der Waals surface area (Å²) >= 11 is 0. The van der Waals surface area contributed by atoms with Crippen molar-refractivity contribution in [2.24, 2.45) is 5.73 Å². The Hall–Kier alpha value is -0.860. The van der Waals surface area contributed by atoms with Gasteiger partial charge in [0.05, 0.1) is 0 Å². The van der Waals surface area contributed by atoms with Gasteiger partial charge in [-0.3, -0.25) is 4.90 Å². The van der Waals surface area contributed by atoms with E-state index in [1.54, 1.807) is 0 Å². The lowest BCUT2D eigenvalue weighted by molar-refractivity contribution is 0.172. The third-order valence-electron chi connectivity index (χ3n) is 3.05. The Bertz CT molecular complexity index is 320. The van der Waals surface area contributed by atoms with Crippen LogP contribution in [0.25, 0.3) is 0 Å². The third-order valence-corrected chi connectivity index (χ3v) is 3.05. The van der Waals surface area contributed by atoms with E-state index in [-0.39, 0.29) is 0 Å². The fraction of sp³-hybridized carbons (Fsp3) is 0.500. The van der Waals surface area contributed by atoms with Crippen molar-refractivity contribution in [2.45, 2.75) is 32.5 Å². The van der Waals surface area contributed by atoms with Gasteiger partial charge < -0.3 is 5.73 Å². The molecule has 1 unspecified atom stereocenters. The summed E-state index contributed by atoms with van der Waals surface area (Å²) in [7, 11) is 0. The molecule has 1 atom stereocenters. The van der Waals surface area contributed by atoms with Crippen LogP contribution in [-0.2, 0) is 6.54 Å². The van der Waals surface area contributed by atoms with Crippen LogP contribution < -0.4 is 5.73 Å². The van der Waals surface area contributed by atoms with E-state index in [1.807, 2.05) is 0 Å². The predicted molar refractivity (Wildman–Crippen MR) is 58.9 cm³/mol. The SMILES string of the molecule is CC(C)N1Cc2ccccc2C1CN. The Morgan fingerprint density at radius 2 is 2.14 bits per heavy atom. The molecule has 2 rings (SSSR count). The van der Waals surface area contributed by atoms with Crippen LogP contribution in [-0.4, -0.2) is 17.5 Å². The Kier molecular flexibility index (Phi) is 2.57. The summed E-state index contributed by atoms with van der Waals surface area (Å²) < 4.78 is 0. The first-order valence-corrected chi connectivity index (χ1v) is 5.27. The first-order valence-electron chi connectivity index (χ1n) is 5.27. The van der Waals surface area contributed by atoms with Crippen molar-refractivity contribution >= 4 is 0 Å². The van der Waals surface area contributed by atoms with Crippen LogP contribution in [0.1, 0.15) is 31.0 Å². The van der Waals surface area contributed by atoms with Crippen LogP contribution in [0.5, 0.6) is 0 Å². The number of nitrogens with two attached hydrogens (primary N) is 1. The lowest BCUT2D eigenvalue weighted by Crippen LogP contribution is -2.33. The largest absolute Gasteiger partial charge is 0.329 e. The minimum absolute atomic E-state index is 0.422. The zero-order valence-corrected chi connectivity index (χ0v) is 8.90. The van der Waals surface area contributed by atoms with E-state index in [0.717, 1.165) is 13.1 Å². The highest BCUT2D eigenvalue weighted by atomic mass is 15.2. The second kappa shape index (κ2) is 3.71. The fourth-order valence-electron chi connectivity index (χ4n) is 2.29. The maximum Gasteiger partial charge on any atom is 0.0479 e. The minimum atomic E-state index is 0.422. The highest BCUT2D eigenvalue weighted by Crippen LogP contribution is 2.33. The van der Waals surface area contributed by atoms with E-state index in [2.05, 4.69) is 43.0 Å². The molecule has 0 fully saturated rings. The molecule has 0 spiro atoms. The predicted octanol–water partition coefficient (Wildman–Crippen LogP) is 1.91. The second-order valence-electron chi connectivity index (χ2n) is 4.22. The molecule has 1 aliphatic heterocycles. The molecule has 2 nitrogen and oxygen atoms in total. The second-order valence-corrected chi connectivity index (χ2v) is 4.22. The molecular weight excluding hydrogens is 172 g/mol. The highest BCUT2D eigenvalue weighted by molar-refractivity contribution is 5.34. The number of hydrogen-bond donors (Lipinski definition) is 1. The molecule has 14 heavy (non-hydrogen) atoms. The van der Waals surface area contributed by atoms with Gasteiger partial charge in [-0.1, -0.05) is 24.3 Å². The molecular formula is C12H18N2. The Morgan fingerprint density at radius 3 is 2.79 bits per heavy atom. The Labute approximate surface area is 85.7 Å². The molecule has 0 aromatic heterocycles. The zero-order chi connectivity index (χ0) is 10.1. The molecule has 2 heteroatoms. The van der Waals surface area contributed by atoms with E-state index in [0.29, 0.717) is 12.1 Å². The van der Waals surface area contributed by atoms with Gasteiger partial charge in [-0.15, -0.1) is 0 Å². The average molecular weight is 190 g/mol. The van der Waals surface area contributed by atoms with Gasteiger partial charge in [0.2, 0.25) is 0 Å². The fourth-order valence-corrected chi connectivity index (χ4v) is 2.29. The highest BCUT2D eigenvalue weighted by Gasteiger charge is 2.29. The van der Waals surface area contributed by atoms with Crippen molar-refractivity contribution in [2.75, 3.05) is 6.54 Å². The normalized spacial score (nSPS) is 21.6. The van der Waals surface area contributed by atoms with Gasteiger partial charge in [0.15, 0.2) is 0 Å². The topological polar surface area (TPSA) is 29.3 Å². The van der Waals surface area contributed by atoms with Gasteiger partial charge in [-0.25, -0.2) is 0 Å². The molecule has 0 saturated heterocycles. The quantitative estimate of drug-likeness (QED) is 0.772. The van der Waals surface area contributed by atoms with E-state index >= 15 is 0 Å². The lowest BCUT2D eigenvalue weighted by atomic mass is 10.1. The molecule has 1 aromatic carbocycles. The van der Waals surface area contributed by atoms with Crippen LogP contribution in [0.4, 0.5) is 0 Å². The van der Waals surface area contributed by atoms with E-state index in [9.17, 15) is 0 Å². The molecule has 1 aromatic rings. The van der Waals surface area contributed by atoms with Crippen molar-refractivity contribution in [3.63, 3.8) is 0 Å². The van der Waals surface area contributed by atoms with Crippen molar-refractivity contribution in [3.8, 4) is 0 Å². The molecule has 0 aliphatic carbocycles. The Balaban J connectivity index is 2.34. The number of fused-ring (bicyclic) bond motifs is 1. The molecule has 0 saturated carbocycles. The first kappa shape index (κ1) is 9.69. The van der Waals surface area contributed by atoms with Crippen LogP contribution in [0.2, 0.25) is 0 Å². The summed E-state index contributed by atoms with van der Waals surface area (Å²) in [6.45, 7) is 6.23. The van der Waals surface area contributed by atoms with Gasteiger partial charge >= 0.3 is 0 Å². The maximum atomic E-state index is 5.84. The summed E-state index contributed by atoms with van der Waals surface area (Å²) in [5, 5.41) is 0. The van der Waals surface area contributed by atoms with Crippen molar-refractivity contribution in [1.29, 1.82) is 0 Å². The van der Waals surface area contributed by atoms with E-state index in [1.165, 1.54) is 11.1 Å². The summed E-state index contributed by atoms with van der Waals surface area (Å²) in [5.41, 5.74) is 8.70. The van der Waals surface area contributed by atoms with E-state index < -0.39 is 0 Å². The molecule has 1 heterocycles. The van der Waals surface area contributed by atoms with Gasteiger partial charge in [0.1, 0.15) is 0 Å². The number of rotatable bonds is 2. The van der Waals surface area contributed by atoms with Crippen molar-refractivity contribution in [1.82, 2.24) is 4.90 Å². The number of benzene rings is 1. The molecule has 2 N–H and O–H groups in total. The van der Waals surface area contributed by atoms with Gasteiger partial charge in [-0.05, 0) is 25.0 Å². The van der Waals surface area contributed by atoms with Crippen LogP contribution in [0.3, 0.4) is 0 Å². The van der Waals surface area contributed by atoms with Gasteiger partial charge in [0, 0.05) is 25.2 Å². The molecule has 0 bridgehead atoms. The number of nitrogens with zero attached hydrogens (tertiary/aromatic N) is 1. The van der Waals surface area contributed by atoms with E-state index in [4.69, 9.17) is 5.73 Å². The maximum absolute atomic E-state index is 5.84. The molecule has 76 valence electrons. The van der Waals surface area contributed by atoms with Gasteiger partial charge in [0.25, 0.3) is 0 Å². The number of hydrogen-bond acceptors (Lipinski definition) is 2. The smallest absolute Gasteiger partial charge is 0.0479 e. The van der Waals surface area contributed by atoms with Crippen molar-refractivity contribution < 1.29 is 0 Å². The molecule has 0 radical (unpaired) electrons. The third kappa shape index (κ3) is 1.45. The van der Waals surface area contributed by atoms with Crippen molar-refractivity contribution in [3.05, 3.63) is 35.4 Å². The summed E-state index contributed by atoms with van der Waals surface area (Å²) in [5.74, 6) is 0. The average Bonchev–Trinajstić information content (AvgIpc) is 2.56. The Morgan fingerprint density at radius 1 is 1.43 bits per heavy atom. The monoisotopic (exact) mass is 190 g/mol. The van der Waals surface area contributed by atoms with Crippen LogP contribution >= 0.6 is 0 Å². The first-order chi connectivity index (χ1) is 6.74. The summed E-state index contributed by atoms with van der Waals surface area (Å²) in [6, 6.07) is 9.61. The standard InChI is InChI=1S/C12H18N2/c1-9(2)14-8-10-5-3-4-6-11(10)12(14)7-13/h3-6,9,12H,7-8,13H2,1-2H3. The molecule has 0 amide bonds. The minimum Gasteiger partial charge on any atom is -0.329 e.